The van der Waals surface area contributed by atoms with E-state index in [9.17, 15) is 9.59 Å². The van der Waals surface area contributed by atoms with Crippen LogP contribution in [-0.4, -0.2) is 24.2 Å². The number of rotatable bonds is 8. The molecule has 0 saturated heterocycles. The van der Waals surface area contributed by atoms with Crippen molar-refractivity contribution in [2.75, 3.05) is 0 Å². The van der Waals surface area contributed by atoms with Gasteiger partial charge in [0.25, 0.3) is 11.8 Å². The second kappa shape index (κ2) is 12.2. The van der Waals surface area contributed by atoms with Crippen LogP contribution in [0.25, 0.3) is 12.2 Å². The second-order valence-corrected chi connectivity index (χ2v) is 6.56. The second-order valence-electron chi connectivity index (χ2n) is 6.56. The Balaban J connectivity index is 1.50. The minimum absolute atomic E-state index is 0.315. The highest BCUT2D eigenvalue weighted by molar-refractivity contribution is 6.00. The molecular weight excluding hydrogens is 400 g/mol. The lowest BCUT2D eigenvalue weighted by Crippen LogP contribution is -2.20. The van der Waals surface area contributed by atoms with Crippen molar-refractivity contribution in [3.05, 3.63) is 119 Å². The van der Waals surface area contributed by atoms with Gasteiger partial charge in [0, 0.05) is 23.6 Å². The summed E-state index contributed by atoms with van der Waals surface area (Å²) < 4.78 is 0. The molecule has 6 heteroatoms. The van der Waals surface area contributed by atoms with Crippen LogP contribution in [0, 0.1) is 0 Å². The molecule has 0 atom stereocenters. The monoisotopic (exact) mass is 422 g/mol. The van der Waals surface area contributed by atoms with Gasteiger partial charge in [0.2, 0.25) is 0 Å². The number of allylic oxidation sites excluding steroid dienone is 2. The third-order valence-corrected chi connectivity index (χ3v) is 4.22. The first-order valence-electron chi connectivity index (χ1n) is 9.93. The summed E-state index contributed by atoms with van der Waals surface area (Å²) in [7, 11) is 0. The predicted molar refractivity (Wildman–Crippen MR) is 129 cm³/mol. The number of benzene rings is 3. The Bertz CT molecular complexity index is 1060. The van der Waals surface area contributed by atoms with E-state index in [2.05, 4.69) is 21.1 Å². The Morgan fingerprint density at radius 3 is 1.47 bits per heavy atom. The van der Waals surface area contributed by atoms with Gasteiger partial charge in [-0.1, -0.05) is 78.9 Å². The number of hydrogen-bond acceptors (Lipinski definition) is 4. The Kier molecular flexibility index (Phi) is 8.43. The Morgan fingerprint density at radius 2 is 1.03 bits per heavy atom. The highest BCUT2D eigenvalue weighted by Gasteiger charge is 2.09. The molecular formula is C26H22N4O2. The zero-order chi connectivity index (χ0) is 22.4. The minimum atomic E-state index is -0.418. The lowest BCUT2D eigenvalue weighted by molar-refractivity contribution is 0.0954. The standard InChI is InChI=1S/C26H22N4O2/c31-25(29-27-18-8-14-21-10-3-1-4-11-21)23-16-7-17-24(20-23)26(32)30-28-19-9-15-22-12-5-2-6-13-22/h1-20H,(H,29,31)(H,30,32)/b14-8+,15-9+,27-18+,28-19+. The van der Waals surface area contributed by atoms with E-state index in [4.69, 9.17) is 0 Å². The Labute approximate surface area is 186 Å². The number of carbonyl (C=O) groups excluding carboxylic acids is 2. The molecule has 0 aromatic heterocycles. The SMILES string of the molecule is O=C(N/N=C/C=C/c1ccccc1)c1cccc(C(=O)N/N=C/C=C/c2ccccc2)c1. The van der Waals surface area contributed by atoms with Gasteiger partial charge in [0.15, 0.2) is 0 Å². The molecule has 0 bridgehead atoms. The summed E-state index contributed by atoms with van der Waals surface area (Å²) in [5, 5.41) is 7.78. The van der Waals surface area contributed by atoms with Crippen LogP contribution < -0.4 is 10.9 Å². The number of hydrazone groups is 2. The van der Waals surface area contributed by atoms with E-state index in [0.717, 1.165) is 11.1 Å². The van der Waals surface area contributed by atoms with Crippen LogP contribution in [0.15, 0.2) is 107 Å². The average Bonchev–Trinajstić information content (AvgIpc) is 2.84. The fraction of sp³-hybridized carbons (Fsp3) is 0. The van der Waals surface area contributed by atoms with Crippen LogP contribution in [0.4, 0.5) is 0 Å². The molecule has 0 aliphatic heterocycles. The summed E-state index contributed by atoms with van der Waals surface area (Å²) in [6, 6.07) is 25.8. The Morgan fingerprint density at radius 1 is 0.594 bits per heavy atom. The van der Waals surface area contributed by atoms with Crippen molar-refractivity contribution < 1.29 is 9.59 Å². The third kappa shape index (κ3) is 7.35. The lowest BCUT2D eigenvalue weighted by Gasteiger charge is -2.03. The fourth-order valence-corrected chi connectivity index (χ4v) is 2.65. The van der Waals surface area contributed by atoms with Gasteiger partial charge in [0.1, 0.15) is 0 Å². The maximum atomic E-state index is 12.3. The molecule has 3 rings (SSSR count). The molecule has 158 valence electrons. The van der Waals surface area contributed by atoms with Crippen molar-refractivity contribution in [3.8, 4) is 0 Å². The number of nitrogens with zero attached hydrogens (tertiary/aromatic N) is 2. The van der Waals surface area contributed by atoms with Crippen LogP contribution in [0.5, 0.6) is 0 Å². The van der Waals surface area contributed by atoms with Gasteiger partial charge >= 0.3 is 0 Å². The maximum absolute atomic E-state index is 12.3. The van der Waals surface area contributed by atoms with Crippen molar-refractivity contribution in [3.63, 3.8) is 0 Å². The summed E-state index contributed by atoms with van der Waals surface area (Å²) in [4.78, 5) is 24.5. The summed E-state index contributed by atoms with van der Waals surface area (Å²) in [5.41, 5.74) is 7.56. The summed E-state index contributed by atoms with van der Waals surface area (Å²) in [6.45, 7) is 0. The maximum Gasteiger partial charge on any atom is 0.271 e. The topological polar surface area (TPSA) is 82.9 Å². The van der Waals surface area contributed by atoms with Gasteiger partial charge in [-0.25, -0.2) is 10.9 Å². The molecule has 0 aliphatic carbocycles. The van der Waals surface area contributed by atoms with E-state index in [0.29, 0.717) is 11.1 Å². The van der Waals surface area contributed by atoms with Crippen LogP contribution in [0.1, 0.15) is 31.8 Å². The van der Waals surface area contributed by atoms with Crippen LogP contribution in [0.3, 0.4) is 0 Å². The molecule has 0 unspecified atom stereocenters. The molecule has 0 saturated carbocycles. The number of carbonyl (C=O) groups is 2. The molecule has 2 N–H and O–H groups in total. The summed E-state index contributed by atoms with van der Waals surface area (Å²) in [6.07, 6.45) is 10.2. The first-order valence-corrected chi connectivity index (χ1v) is 9.93. The number of amides is 2. The average molecular weight is 422 g/mol. The van der Waals surface area contributed by atoms with E-state index < -0.39 is 11.8 Å². The molecule has 0 aliphatic rings. The first-order chi connectivity index (χ1) is 15.7. The smallest absolute Gasteiger partial charge is 0.267 e. The normalized spacial score (nSPS) is 11.5. The molecule has 0 heterocycles. The Hall–Kier alpha value is -4.58. The van der Waals surface area contributed by atoms with Gasteiger partial charge in [-0.3, -0.25) is 9.59 Å². The van der Waals surface area contributed by atoms with E-state index in [1.54, 1.807) is 30.4 Å². The van der Waals surface area contributed by atoms with Gasteiger partial charge < -0.3 is 0 Å². The quantitative estimate of drug-likeness (QED) is 0.413. The predicted octanol–water partition coefficient (Wildman–Crippen LogP) is 4.54. The van der Waals surface area contributed by atoms with E-state index in [1.165, 1.54) is 18.5 Å². The number of hydrogen-bond donors (Lipinski definition) is 2. The van der Waals surface area contributed by atoms with Gasteiger partial charge in [0.05, 0.1) is 0 Å². The van der Waals surface area contributed by atoms with Crippen LogP contribution >= 0.6 is 0 Å². The molecule has 0 spiro atoms. The van der Waals surface area contributed by atoms with Gasteiger partial charge in [-0.2, -0.15) is 10.2 Å². The van der Waals surface area contributed by atoms with Crippen molar-refractivity contribution in [1.82, 2.24) is 10.9 Å². The summed E-state index contributed by atoms with van der Waals surface area (Å²) in [5.74, 6) is -0.836. The van der Waals surface area contributed by atoms with Crippen molar-refractivity contribution >= 4 is 36.4 Å². The molecule has 0 radical (unpaired) electrons. The fourth-order valence-electron chi connectivity index (χ4n) is 2.65. The molecule has 32 heavy (non-hydrogen) atoms. The van der Waals surface area contributed by atoms with Crippen LogP contribution in [-0.2, 0) is 0 Å². The van der Waals surface area contributed by atoms with Crippen molar-refractivity contribution in [2.45, 2.75) is 0 Å². The highest BCUT2D eigenvalue weighted by Crippen LogP contribution is 2.06. The lowest BCUT2D eigenvalue weighted by atomic mass is 10.1. The van der Waals surface area contributed by atoms with E-state index in [-0.39, 0.29) is 0 Å². The first kappa shape index (κ1) is 22.1. The summed E-state index contributed by atoms with van der Waals surface area (Å²) >= 11 is 0. The van der Waals surface area contributed by atoms with E-state index >= 15 is 0 Å². The van der Waals surface area contributed by atoms with E-state index in [1.807, 2.05) is 72.8 Å². The van der Waals surface area contributed by atoms with Crippen molar-refractivity contribution in [1.29, 1.82) is 0 Å². The molecule has 3 aromatic rings. The van der Waals surface area contributed by atoms with Crippen LogP contribution in [0.2, 0.25) is 0 Å². The zero-order valence-corrected chi connectivity index (χ0v) is 17.3. The van der Waals surface area contributed by atoms with Gasteiger partial charge in [-0.15, -0.1) is 0 Å². The highest BCUT2D eigenvalue weighted by atomic mass is 16.2. The van der Waals surface area contributed by atoms with Gasteiger partial charge in [-0.05, 0) is 41.5 Å². The van der Waals surface area contributed by atoms with Crippen molar-refractivity contribution in [2.24, 2.45) is 10.2 Å². The third-order valence-electron chi connectivity index (χ3n) is 4.22. The molecule has 2 amide bonds. The molecule has 6 nitrogen and oxygen atoms in total. The molecule has 0 fully saturated rings. The largest absolute Gasteiger partial charge is 0.271 e. The molecule has 3 aromatic carbocycles. The zero-order valence-electron chi connectivity index (χ0n) is 17.3. The number of nitrogens with one attached hydrogen (secondary N) is 2. The minimum Gasteiger partial charge on any atom is -0.267 e.